The molecule has 0 saturated carbocycles. The number of fused-ring (bicyclic) bond motifs is 3. The molecule has 1 aliphatic heterocycles. The summed E-state index contributed by atoms with van der Waals surface area (Å²) in [4.78, 5) is 10.3. The fraction of sp³-hybridized carbons (Fsp3) is 0.0370. The van der Waals surface area contributed by atoms with Crippen LogP contribution in [0.25, 0.3) is 89.5 Å². The summed E-state index contributed by atoms with van der Waals surface area (Å²) in [7, 11) is -1.73. The fourth-order valence-electron chi connectivity index (χ4n) is 8.35. The van der Waals surface area contributed by atoms with Crippen LogP contribution in [0, 0.1) is 0 Å². The van der Waals surface area contributed by atoms with Crippen molar-refractivity contribution in [2.45, 2.75) is 13.1 Å². The van der Waals surface area contributed by atoms with Crippen LogP contribution < -0.4 is 10.4 Å². The number of hydrogen-bond donors (Lipinski definition) is 0. The summed E-state index contributed by atoms with van der Waals surface area (Å²) in [5, 5.41) is 3.07. The summed E-state index contributed by atoms with van der Waals surface area (Å²) in [5.41, 5.74) is 17.3. The molecule has 0 unspecified atom stereocenters. The minimum Gasteiger partial charge on any atom is -0.228 e. The summed E-state index contributed by atoms with van der Waals surface area (Å²) >= 11 is 0. The topological polar surface area (TPSA) is 25.8 Å². The molecule has 0 bridgehead atoms. The van der Waals surface area contributed by atoms with Gasteiger partial charge in [-0.3, -0.25) is 0 Å². The average molecular weight is 745 g/mol. The van der Waals surface area contributed by atoms with Gasteiger partial charge in [0.2, 0.25) is 0 Å². The van der Waals surface area contributed by atoms with Gasteiger partial charge >= 0.3 is 0 Å². The SMILES string of the molecule is C[Si]1(C)c2ccccc2-c2ccc(-c3ccc(-c4ccc(-c5cc(-c6ccc(-c7ccccc7)cc6)nc(-c6ccc(-c7ccccc7)cc6)n5)cc4)cc3)cc21. The molecule has 0 amide bonds. The lowest BCUT2D eigenvalue weighted by Gasteiger charge is -2.19. The highest BCUT2D eigenvalue weighted by Crippen LogP contribution is 2.34. The van der Waals surface area contributed by atoms with Crippen LogP contribution in [-0.2, 0) is 0 Å². The van der Waals surface area contributed by atoms with Crippen LogP contribution in [0.3, 0.4) is 0 Å². The van der Waals surface area contributed by atoms with Gasteiger partial charge in [0.05, 0.1) is 11.4 Å². The molecule has 10 rings (SSSR count). The van der Waals surface area contributed by atoms with Crippen LogP contribution in [0.4, 0.5) is 0 Å². The second-order valence-electron chi connectivity index (χ2n) is 15.4. The molecule has 3 heteroatoms. The predicted octanol–water partition coefficient (Wildman–Crippen LogP) is 12.9. The predicted molar refractivity (Wildman–Crippen MR) is 242 cm³/mol. The zero-order valence-corrected chi connectivity index (χ0v) is 33.0. The van der Waals surface area contributed by atoms with Crippen LogP contribution in [0.1, 0.15) is 0 Å². The molecule has 8 aromatic carbocycles. The first kappa shape index (κ1) is 34.5. The Labute approximate surface area is 335 Å². The molecule has 0 N–H and O–H groups in total. The van der Waals surface area contributed by atoms with Crippen LogP contribution in [0.5, 0.6) is 0 Å². The summed E-state index contributed by atoms with van der Waals surface area (Å²) in [6.07, 6.45) is 0. The number of nitrogens with zero attached hydrogens (tertiary/aromatic N) is 2. The van der Waals surface area contributed by atoms with E-state index >= 15 is 0 Å². The lowest BCUT2D eigenvalue weighted by molar-refractivity contribution is 1.18. The normalized spacial score (nSPS) is 12.5. The first-order valence-electron chi connectivity index (χ1n) is 19.6. The third kappa shape index (κ3) is 6.52. The van der Waals surface area contributed by atoms with E-state index in [1.165, 1.54) is 60.8 Å². The monoisotopic (exact) mass is 744 g/mol. The van der Waals surface area contributed by atoms with Crippen molar-refractivity contribution in [2.75, 3.05) is 0 Å². The molecule has 0 atom stereocenters. The van der Waals surface area contributed by atoms with E-state index < -0.39 is 8.07 Å². The van der Waals surface area contributed by atoms with Crippen molar-refractivity contribution in [2.24, 2.45) is 0 Å². The van der Waals surface area contributed by atoms with E-state index in [4.69, 9.17) is 9.97 Å². The van der Waals surface area contributed by atoms with Crippen molar-refractivity contribution < 1.29 is 0 Å². The highest BCUT2D eigenvalue weighted by molar-refractivity contribution is 7.03. The highest BCUT2D eigenvalue weighted by Gasteiger charge is 2.37. The minimum atomic E-state index is -1.73. The van der Waals surface area contributed by atoms with E-state index in [9.17, 15) is 0 Å². The lowest BCUT2D eigenvalue weighted by Crippen LogP contribution is -2.49. The molecule has 0 saturated heterocycles. The first-order valence-corrected chi connectivity index (χ1v) is 22.6. The molecule has 0 aliphatic carbocycles. The number of rotatable bonds is 7. The molecular weight excluding hydrogens is 705 g/mol. The third-order valence-electron chi connectivity index (χ3n) is 11.6. The zero-order valence-electron chi connectivity index (χ0n) is 32.0. The largest absolute Gasteiger partial charge is 0.228 e. The summed E-state index contributed by atoms with van der Waals surface area (Å²) in [6.45, 7) is 4.95. The second kappa shape index (κ2) is 14.3. The van der Waals surface area contributed by atoms with Gasteiger partial charge in [-0.1, -0.05) is 213 Å². The maximum Gasteiger partial charge on any atom is 0.160 e. The highest BCUT2D eigenvalue weighted by atomic mass is 28.3. The van der Waals surface area contributed by atoms with Crippen molar-refractivity contribution in [1.82, 2.24) is 9.97 Å². The van der Waals surface area contributed by atoms with Gasteiger partial charge in [0.15, 0.2) is 5.82 Å². The smallest absolute Gasteiger partial charge is 0.160 e. The zero-order chi connectivity index (χ0) is 38.3. The van der Waals surface area contributed by atoms with Crippen molar-refractivity contribution in [1.29, 1.82) is 0 Å². The van der Waals surface area contributed by atoms with Crippen LogP contribution in [0.2, 0.25) is 13.1 Å². The number of benzene rings is 8. The number of aromatic nitrogens is 2. The van der Waals surface area contributed by atoms with Gasteiger partial charge in [0.25, 0.3) is 0 Å². The Morgan fingerprint density at radius 3 is 1.12 bits per heavy atom. The van der Waals surface area contributed by atoms with E-state index in [-0.39, 0.29) is 0 Å². The van der Waals surface area contributed by atoms with Gasteiger partial charge in [0.1, 0.15) is 8.07 Å². The van der Waals surface area contributed by atoms with Gasteiger partial charge in [-0.25, -0.2) is 9.97 Å². The Bertz CT molecular complexity index is 2760. The molecule has 1 aliphatic rings. The van der Waals surface area contributed by atoms with E-state index in [2.05, 4.69) is 207 Å². The Hall–Kier alpha value is -6.94. The van der Waals surface area contributed by atoms with Crippen molar-refractivity contribution in [3.63, 3.8) is 0 Å². The molecule has 0 radical (unpaired) electrons. The molecule has 0 fully saturated rings. The molecule has 2 nitrogen and oxygen atoms in total. The van der Waals surface area contributed by atoms with Crippen molar-refractivity contribution in [3.8, 4) is 89.5 Å². The molecule has 2 heterocycles. The Morgan fingerprint density at radius 1 is 0.281 bits per heavy atom. The molecule has 57 heavy (non-hydrogen) atoms. The first-order chi connectivity index (χ1) is 28.0. The molecular formula is C54H40N2Si. The molecule has 0 spiro atoms. The third-order valence-corrected chi connectivity index (χ3v) is 15.1. The standard InChI is InChI=1S/C54H40N2Si/c1-57(2)52-16-10-9-15-48(52)49-34-33-47(35-53(49)57)43-19-17-41(18-20-43)42-23-29-45(30-24-42)51-36-50(44-27-21-39(22-28-44)37-11-5-3-6-12-37)55-54(56-51)46-31-25-40(26-32-46)38-13-7-4-8-14-38/h3-36H,1-2H3. The van der Waals surface area contributed by atoms with Gasteiger partial charge in [-0.05, 0) is 72.1 Å². The van der Waals surface area contributed by atoms with Crippen LogP contribution in [0.15, 0.2) is 206 Å². The molecule has 9 aromatic rings. The number of hydrogen-bond acceptors (Lipinski definition) is 2. The maximum atomic E-state index is 5.15. The molecule has 270 valence electrons. The quantitative estimate of drug-likeness (QED) is 0.152. The fourth-order valence-corrected chi connectivity index (χ4v) is 11.5. The van der Waals surface area contributed by atoms with Gasteiger partial charge in [0, 0.05) is 16.7 Å². The van der Waals surface area contributed by atoms with Gasteiger partial charge in [-0.2, -0.15) is 0 Å². The summed E-state index contributed by atoms with van der Waals surface area (Å²) < 4.78 is 0. The van der Waals surface area contributed by atoms with Crippen LogP contribution in [-0.4, -0.2) is 18.0 Å². The van der Waals surface area contributed by atoms with Gasteiger partial charge in [-0.15, -0.1) is 0 Å². The lowest BCUT2D eigenvalue weighted by atomic mass is 9.97. The van der Waals surface area contributed by atoms with Crippen molar-refractivity contribution in [3.05, 3.63) is 206 Å². The summed E-state index contributed by atoms with van der Waals surface area (Å²) in [5.74, 6) is 0.704. The van der Waals surface area contributed by atoms with E-state index in [1.807, 2.05) is 12.1 Å². The van der Waals surface area contributed by atoms with E-state index in [0.717, 1.165) is 28.1 Å². The van der Waals surface area contributed by atoms with Gasteiger partial charge < -0.3 is 0 Å². The Kier molecular flexibility index (Phi) is 8.66. The molecule has 1 aromatic heterocycles. The average Bonchev–Trinajstić information content (AvgIpc) is 3.52. The van der Waals surface area contributed by atoms with E-state index in [1.54, 1.807) is 5.19 Å². The van der Waals surface area contributed by atoms with E-state index in [0.29, 0.717) is 5.82 Å². The Morgan fingerprint density at radius 2 is 0.632 bits per heavy atom. The second-order valence-corrected chi connectivity index (χ2v) is 19.8. The Balaban J connectivity index is 0.955. The summed E-state index contributed by atoms with van der Waals surface area (Å²) in [6, 6.07) is 74.1. The maximum absolute atomic E-state index is 5.15. The van der Waals surface area contributed by atoms with Crippen molar-refractivity contribution >= 4 is 18.4 Å². The minimum absolute atomic E-state index is 0.704. The van der Waals surface area contributed by atoms with Crippen LogP contribution >= 0.6 is 0 Å².